The van der Waals surface area contributed by atoms with Gasteiger partial charge in [0.1, 0.15) is 6.04 Å². The molecular formula is C15H28N2O3. The molecule has 1 N–H and O–H groups in total. The first-order valence-corrected chi connectivity index (χ1v) is 7.70. The van der Waals surface area contributed by atoms with Crippen molar-refractivity contribution < 1.29 is 14.7 Å². The van der Waals surface area contributed by atoms with Gasteiger partial charge in [0.2, 0.25) is 11.8 Å². The second kappa shape index (κ2) is 8.25. The van der Waals surface area contributed by atoms with E-state index < -0.39 is 0 Å². The molecule has 0 aromatic carbocycles. The average molecular weight is 284 g/mol. The maximum Gasteiger partial charge on any atom is 0.245 e. The van der Waals surface area contributed by atoms with Crippen LogP contribution >= 0.6 is 0 Å². The van der Waals surface area contributed by atoms with Crippen molar-refractivity contribution in [3.63, 3.8) is 0 Å². The summed E-state index contributed by atoms with van der Waals surface area (Å²) < 4.78 is 0. The molecule has 1 aliphatic rings. The molecule has 1 atom stereocenters. The van der Waals surface area contributed by atoms with E-state index in [0.717, 1.165) is 12.8 Å². The minimum Gasteiger partial charge on any atom is -0.395 e. The van der Waals surface area contributed by atoms with E-state index in [1.54, 1.807) is 9.80 Å². The van der Waals surface area contributed by atoms with Crippen molar-refractivity contribution >= 4 is 11.8 Å². The van der Waals surface area contributed by atoms with Crippen LogP contribution in [0, 0.1) is 5.92 Å². The topological polar surface area (TPSA) is 60.9 Å². The monoisotopic (exact) mass is 284 g/mol. The number of carbonyl (C=O) groups excluding carboxylic acids is 2. The van der Waals surface area contributed by atoms with E-state index in [1.807, 2.05) is 6.92 Å². The van der Waals surface area contributed by atoms with Crippen molar-refractivity contribution in [2.24, 2.45) is 5.92 Å². The third-order valence-electron chi connectivity index (χ3n) is 3.78. The fraction of sp³-hybridized carbons (Fsp3) is 0.867. The quantitative estimate of drug-likeness (QED) is 0.765. The second-order valence-corrected chi connectivity index (χ2v) is 5.83. The number of piperidine rings is 1. The van der Waals surface area contributed by atoms with Gasteiger partial charge in [0.25, 0.3) is 0 Å². The summed E-state index contributed by atoms with van der Waals surface area (Å²) in [5, 5.41) is 9.07. The molecular weight excluding hydrogens is 256 g/mol. The number of likely N-dealkylation sites (tertiary alicyclic amines) is 1. The smallest absolute Gasteiger partial charge is 0.245 e. The molecule has 0 radical (unpaired) electrons. The van der Waals surface area contributed by atoms with Crippen LogP contribution in [0.2, 0.25) is 0 Å². The highest BCUT2D eigenvalue weighted by atomic mass is 16.3. The van der Waals surface area contributed by atoms with Crippen molar-refractivity contribution in [2.75, 3.05) is 26.2 Å². The van der Waals surface area contributed by atoms with Gasteiger partial charge in [0.15, 0.2) is 0 Å². The van der Waals surface area contributed by atoms with Crippen LogP contribution in [0.5, 0.6) is 0 Å². The maximum absolute atomic E-state index is 12.7. The first kappa shape index (κ1) is 17.0. The molecule has 116 valence electrons. The van der Waals surface area contributed by atoms with Gasteiger partial charge >= 0.3 is 0 Å². The molecule has 1 unspecified atom stereocenters. The van der Waals surface area contributed by atoms with Gasteiger partial charge in [-0.2, -0.15) is 0 Å². The van der Waals surface area contributed by atoms with Crippen LogP contribution in [-0.2, 0) is 9.59 Å². The Hall–Kier alpha value is -1.10. The van der Waals surface area contributed by atoms with Gasteiger partial charge in [-0.05, 0) is 32.1 Å². The van der Waals surface area contributed by atoms with E-state index in [-0.39, 0.29) is 24.5 Å². The number of aliphatic hydroxyl groups excluding tert-OH is 1. The Bertz CT molecular complexity index is 331. The molecule has 0 saturated carbocycles. The van der Waals surface area contributed by atoms with Gasteiger partial charge in [-0.1, -0.05) is 13.8 Å². The molecule has 1 saturated heterocycles. The zero-order chi connectivity index (χ0) is 15.1. The third kappa shape index (κ3) is 4.47. The van der Waals surface area contributed by atoms with Gasteiger partial charge in [-0.25, -0.2) is 0 Å². The van der Waals surface area contributed by atoms with Gasteiger partial charge < -0.3 is 14.9 Å². The normalized spacial score (nSPS) is 17.4. The molecule has 5 heteroatoms. The van der Waals surface area contributed by atoms with Crippen molar-refractivity contribution in [1.82, 2.24) is 9.80 Å². The highest BCUT2D eigenvalue weighted by molar-refractivity contribution is 5.88. The average Bonchev–Trinajstić information content (AvgIpc) is 2.42. The highest BCUT2D eigenvalue weighted by Gasteiger charge is 2.33. The fourth-order valence-electron chi connectivity index (χ4n) is 2.72. The molecule has 0 aromatic heterocycles. The number of hydrogen-bond acceptors (Lipinski definition) is 3. The van der Waals surface area contributed by atoms with Crippen LogP contribution in [0.25, 0.3) is 0 Å². The largest absolute Gasteiger partial charge is 0.395 e. The number of rotatable bonds is 7. The number of amides is 2. The van der Waals surface area contributed by atoms with Gasteiger partial charge in [0, 0.05) is 26.1 Å². The molecule has 2 amide bonds. The van der Waals surface area contributed by atoms with Crippen LogP contribution in [0.3, 0.4) is 0 Å². The van der Waals surface area contributed by atoms with Crippen molar-refractivity contribution in [2.45, 2.75) is 52.5 Å². The Balaban J connectivity index is 2.86. The highest BCUT2D eigenvalue weighted by Crippen LogP contribution is 2.20. The SMILES string of the molecule is CCN(CCO)C(=O)C(CC(C)C)N1CCCCC1=O. The summed E-state index contributed by atoms with van der Waals surface area (Å²) >= 11 is 0. The van der Waals surface area contributed by atoms with Crippen LogP contribution in [0.15, 0.2) is 0 Å². The lowest BCUT2D eigenvalue weighted by molar-refractivity contribution is -0.148. The summed E-state index contributed by atoms with van der Waals surface area (Å²) in [7, 11) is 0. The van der Waals surface area contributed by atoms with E-state index in [9.17, 15) is 9.59 Å². The summed E-state index contributed by atoms with van der Waals surface area (Å²) in [4.78, 5) is 28.2. The second-order valence-electron chi connectivity index (χ2n) is 5.83. The number of likely N-dealkylation sites (N-methyl/N-ethyl adjacent to an activating group) is 1. The van der Waals surface area contributed by atoms with Crippen molar-refractivity contribution in [3.8, 4) is 0 Å². The molecule has 0 aliphatic carbocycles. The van der Waals surface area contributed by atoms with Crippen LogP contribution in [-0.4, -0.2) is 59.0 Å². The number of carbonyl (C=O) groups is 2. The van der Waals surface area contributed by atoms with Crippen LogP contribution in [0.4, 0.5) is 0 Å². The molecule has 20 heavy (non-hydrogen) atoms. The van der Waals surface area contributed by atoms with Gasteiger partial charge in [-0.15, -0.1) is 0 Å². The summed E-state index contributed by atoms with van der Waals surface area (Å²) in [6.45, 7) is 7.58. The Kier molecular flexibility index (Phi) is 6.99. The van der Waals surface area contributed by atoms with Crippen LogP contribution in [0.1, 0.15) is 46.5 Å². The lowest BCUT2D eigenvalue weighted by Gasteiger charge is -2.37. The lowest BCUT2D eigenvalue weighted by Crippen LogP contribution is -2.53. The minimum atomic E-state index is -0.366. The Labute approximate surface area is 121 Å². The predicted octanol–water partition coefficient (Wildman–Crippen LogP) is 1.25. The maximum atomic E-state index is 12.7. The summed E-state index contributed by atoms with van der Waals surface area (Å²) in [5.74, 6) is 0.423. The molecule has 5 nitrogen and oxygen atoms in total. The van der Waals surface area contributed by atoms with Crippen molar-refractivity contribution in [1.29, 1.82) is 0 Å². The summed E-state index contributed by atoms with van der Waals surface area (Å²) in [6.07, 6.45) is 3.13. The molecule has 1 rings (SSSR count). The Morgan fingerprint density at radius 3 is 2.60 bits per heavy atom. The van der Waals surface area contributed by atoms with Crippen LogP contribution < -0.4 is 0 Å². The Morgan fingerprint density at radius 1 is 1.40 bits per heavy atom. The summed E-state index contributed by atoms with van der Waals surface area (Å²) in [5.41, 5.74) is 0. The van der Waals surface area contributed by atoms with E-state index in [0.29, 0.717) is 38.4 Å². The minimum absolute atomic E-state index is 0.0227. The lowest BCUT2D eigenvalue weighted by atomic mass is 9.98. The summed E-state index contributed by atoms with van der Waals surface area (Å²) in [6, 6.07) is -0.366. The molecule has 0 aromatic rings. The van der Waals surface area contributed by atoms with E-state index in [4.69, 9.17) is 5.11 Å². The van der Waals surface area contributed by atoms with Crippen molar-refractivity contribution in [3.05, 3.63) is 0 Å². The zero-order valence-corrected chi connectivity index (χ0v) is 13.0. The number of nitrogens with zero attached hydrogens (tertiary/aromatic N) is 2. The Morgan fingerprint density at radius 2 is 2.10 bits per heavy atom. The van der Waals surface area contributed by atoms with E-state index >= 15 is 0 Å². The molecule has 0 bridgehead atoms. The van der Waals surface area contributed by atoms with E-state index in [2.05, 4.69) is 13.8 Å². The molecule has 1 aliphatic heterocycles. The van der Waals surface area contributed by atoms with E-state index in [1.165, 1.54) is 0 Å². The molecule has 1 fully saturated rings. The molecule has 0 spiro atoms. The molecule has 1 heterocycles. The first-order chi connectivity index (χ1) is 9.51. The third-order valence-corrected chi connectivity index (χ3v) is 3.78. The standard InChI is InChI=1S/C15H28N2O3/c1-4-16(9-10-18)15(20)13(11-12(2)3)17-8-6-5-7-14(17)19/h12-13,18H,4-11H2,1-3H3. The zero-order valence-electron chi connectivity index (χ0n) is 13.0. The first-order valence-electron chi connectivity index (χ1n) is 7.70. The number of aliphatic hydroxyl groups is 1. The number of hydrogen-bond donors (Lipinski definition) is 1. The predicted molar refractivity (Wildman–Crippen MR) is 78.1 cm³/mol. The van der Waals surface area contributed by atoms with Gasteiger partial charge in [-0.3, -0.25) is 9.59 Å². The fourth-order valence-corrected chi connectivity index (χ4v) is 2.72. The van der Waals surface area contributed by atoms with Gasteiger partial charge in [0.05, 0.1) is 6.61 Å².